The molecule has 5 heteroatoms. The van der Waals surface area contributed by atoms with Crippen LogP contribution >= 0.6 is 0 Å². The van der Waals surface area contributed by atoms with E-state index >= 15 is 0 Å². The van der Waals surface area contributed by atoms with Crippen LogP contribution in [0.1, 0.15) is 47.0 Å². The van der Waals surface area contributed by atoms with Gasteiger partial charge in [-0.05, 0) is 30.7 Å². The van der Waals surface area contributed by atoms with Gasteiger partial charge in [0.1, 0.15) is 0 Å². The van der Waals surface area contributed by atoms with Crippen LogP contribution in [-0.4, -0.2) is 37.5 Å². The zero-order valence-corrected chi connectivity index (χ0v) is 13.2. The van der Waals surface area contributed by atoms with Gasteiger partial charge in [-0.3, -0.25) is 9.59 Å². The van der Waals surface area contributed by atoms with Crippen LogP contribution in [0.3, 0.4) is 0 Å². The lowest BCUT2D eigenvalue weighted by Gasteiger charge is -2.38. The second-order valence-electron chi connectivity index (χ2n) is 6.72. The monoisotopic (exact) mass is 283 g/mol. The van der Waals surface area contributed by atoms with E-state index in [4.69, 9.17) is 0 Å². The third-order valence-corrected chi connectivity index (χ3v) is 3.75. The highest BCUT2D eigenvalue weighted by molar-refractivity contribution is 5.83. The summed E-state index contributed by atoms with van der Waals surface area (Å²) in [6.07, 6.45) is 2.49. The second-order valence-corrected chi connectivity index (χ2v) is 6.72. The first kappa shape index (κ1) is 17.0. The quantitative estimate of drug-likeness (QED) is 0.682. The van der Waals surface area contributed by atoms with Crippen LogP contribution in [0.2, 0.25) is 0 Å². The largest absolute Gasteiger partial charge is 0.356 e. The predicted molar refractivity (Wildman–Crippen MR) is 80.3 cm³/mol. The lowest BCUT2D eigenvalue weighted by Crippen LogP contribution is -2.55. The number of piperidine rings is 1. The Morgan fingerprint density at radius 1 is 1.30 bits per heavy atom. The number of amides is 2. The van der Waals surface area contributed by atoms with Crippen molar-refractivity contribution >= 4 is 11.8 Å². The Kier molecular flexibility index (Phi) is 6.46. The molecular weight excluding hydrogens is 254 g/mol. The number of hydrogen-bond acceptors (Lipinski definition) is 3. The van der Waals surface area contributed by atoms with Gasteiger partial charge in [-0.1, -0.05) is 27.7 Å². The molecule has 0 spiro atoms. The van der Waals surface area contributed by atoms with Gasteiger partial charge < -0.3 is 16.0 Å². The molecule has 0 aromatic rings. The van der Waals surface area contributed by atoms with Gasteiger partial charge in [0.25, 0.3) is 0 Å². The fraction of sp³-hybridized carbons (Fsp3) is 0.867. The molecular formula is C15H29N3O2. The number of carbonyl (C=O) groups excluding carboxylic acids is 2. The Hall–Kier alpha value is -1.10. The smallest absolute Gasteiger partial charge is 0.237 e. The molecule has 1 rings (SSSR count). The van der Waals surface area contributed by atoms with Crippen LogP contribution < -0.4 is 16.0 Å². The average molecular weight is 283 g/mol. The average Bonchev–Trinajstić information content (AvgIpc) is 2.35. The summed E-state index contributed by atoms with van der Waals surface area (Å²) in [5.41, 5.74) is -0.0256. The molecule has 1 saturated heterocycles. The number of hydrogen-bond donors (Lipinski definition) is 3. The SMILES string of the molecule is CC(C)CNC(=O)CCNC(=O)C1NCCCC1(C)C. The van der Waals surface area contributed by atoms with Gasteiger partial charge in [-0.2, -0.15) is 0 Å². The summed E-state index contributed by atoms with van der Waals surface area (Å²) in [7, 11) is 0. The van der Waals surface area contributed by atoms with Crippen LogP contribution in [0.4, 0.5) is 0 Å². The molecule has 20 heavy (non-hydrogen) atoms. The van der Waals surface area contributed by atoms with E-state index in [0.717, 1.165) is 19.4 Å². The van der Waals surface area contributed by atoms with Gasteiger partial charge in [0.15, 0.2) is 0 Å². The van der Waals surface area contributed by atoms with Gasteiger partial charge in [0.2, 0.25) is 11.8 Å². The van der Waals surface area contributed by atoms with Crippen LogP contribution in [0.25, 0.3) is 0 Å². The Morgan fingerprint density at radius 2 is 2.00 bits per heavy atom. The molecule has 2 amide bonds. The fourth-order valence-corrected chi connectivity index (χ4v) is 2.47. The lowest BCUT2D eigenvalue weighted by atomic mass is 9.77. The predicted octanol–water partition coefficient (Wildman–Crippen LogP) is 1.04. The van der Waals surface area contributed by atoms with E-state index in [1.807, 2.05) is 0 Å². The van der Waals surface area contributed by atoms with Crippen LogP contribution in [0, 0.1) is 11.3 Å². The highest BCUT2D eigenvalue weighted by Crippen LogP contribution is 2.29. The molecule has 0 aliphatic carbocycles. The van der Waals surface area contributed by atoms with Crippen LogP contribution in [0.5, 0.6) is 0 Å². The molecule has 0 radical (unpaired) electrons. The first-order chi connectivity index (χ1) is 9.33. The lowest BCUT2D eigenvalue weighted by molar-refractivity contribution is -0.127. The summed E-state index contributed by atoms with van der Waals surface area (Å²) < 4.78 is 0. The Balaban J connectivity index is 2.27. The molecule has 1 atom stereocenters. The summed E-state index contributed by atoms with van der Waals surface area (Å²) in [6, 6.07) is -0.157. The molecule has 0 saturated carbocycles. The van der Waals surface area contributed by atoms with Crippen molar-refractivity contribution in [3.63, 3.8) is 0 Å². The van der Waals surface area contributed by atoms with E-state index in [1.54, 1.807) is 0 Å². The van der Waals surface area contributed by atoms with Gasteiger partial charge in [0.05, 0.1) is 6.04 Å². The normalized spacial score (nSPS) is 21.6. The van der Waals surface area contributed by atoms with Gasteiger partial charge >= 0.3 is 0 Å². The maximum Gasteiger partial charge on any atom is 0.237 e. The minimum Gasteiger partial charge on any atom is -0.356 e. The summed E-state index contributed by atoms with van der Waals surface area (Å²) >= 11 is 0. The second kappa shape index (κ2) is 7.62. The van der Waals surface area contributed by atoms with Crippen molar-refractivity contribution in [3.05, 3.63) is 0 Å². The standard InChI is InChI=1S/C15H29N3O2/c1-11(2)10-18-12(19)6-9-17-14(20)13-15(3,4)7-5-8-16-13/h11,13,16H,5-10H2,1-4H3,(H,17,20)(H,18,19). The molecule has 1 heterocycles. The van der Waals surface area contributed by atoms with Crippen molar-refractivity contribution in [2.45, 2.75) is 53.0 Å². The van der Waals surface area contributed by atoms with Crippen molar-refractivity contribution in [1.82, 2.24) is 16.0 Å². The van der Waals surface area contributed by atoms with E-state index in [0.29, 0.717) is 25.4 Å². The van der Waals surface area contributed by atoms with E-state index in [9.17, 15) is 9.59 Å². The molecule has 0 aromatic heterocycles. The Labute approximate surface area is 122 Å². The zero-order valence-electron chi connectivity index (χ0n) is 13.2. The highest BCUT2D eigenvalue weighted by Gasteiger charge is 2.36. The van der Waals surface area contributed by atoms with Crippen molar-refractivity contribution in [3.8, 4) is 0 Å². The van der Waals surface area contributed by atoms with Crippen molar-refractivity contribution in [2.75, 3.05) is 19.6 Å². The maximum absolute atomic E-state index is 12.2. The van der Waals surface area contributed by atoms with Crippen molar-refractivity contribution in [1.29, 1.82) is 0 Å². The summed E-state index contributed by atoms with van der Waals surface area (Å²) in [5.74, 6) is 0.446. The summed E-state index contributed by atoms with van der Waals surface area (Å²) in [4.78, 5) is 23.7. The third-order valence-electron chi connectivity index (χ3n) is 3.75. The highest BCUT2D eigenvalue weighted by atomic mass is 16.2. The molecule has 116 valence electrons. The topological polar surface area (TPSA) is 70.2 Å². The van der Waals surface area contributed by atoms with E-state index in [1.165, 1.54) is 0 Å². The van der Waals surface area contributed by atoms with Crippen molar-refractivity contribution in [2.24, 2.45) is 11.3 Å². The summed E-state index contributed by atoms with van der Waals surface area (Å²) in [5, 5.41) is 8.98. The van der Waals surface area contributed by atoms with Crippen molar-refractivity contribution < 1.29 is 9.59 Å². The minimum absolute atomic E-state index is 0.00476. The zero-order chi connectivity index (χ0) is 15.2. The first-order valence-corrected chi connectivity index (χ1v) is 7.60. The molecule has 3 N–H and O–H groups in total. The van der Waals surface area contributed by atoms with E-state index in [-0.39, 0.29) is 23.3 Å². The molecule has 1 aliphatic rings. The first-order valence-electron chi connectivity index (χ1n) is 7.60. The Bertz CT molecular complexity index is 340. The number of carbonyl (C=O) groups is 2. The molecule has 1 unspecified atom stereocenters. The maximum atomic E-state index is 12.2. The third kappa shape index (κ3) is 5.49. The summed E-state index contributed by atoms with van der Waals surface area (Å²) in [6.45, 7) is 10.3. The molecule has 0 aromatic carbocycles. The molecule has 1 aliphatic heterocycles. The van der Waals surface area contributed by atoms with Crippen LogP contribution in [-0.2, 0) is 9.59 Å². The number of rotatable bonds is 6. The number of nitrogens with one attached hydrogen (secondary N) is 3. The fourth-order valence-electron chi connectivity index (χ4n) is 2.47. The molecule has 5 nitrogen and oxygen atoms in total. The van der Waals surface area contributed by atoms with E-state index in [2.05, 4.69) is 43.6 Å². The van der Waals surface area contributed by atoms with Gasteiger partial charge in [-0.15, -0.1) is 0 Å². The minimum atomic E-state index is -0.157. The van der Waals surface area contributed by atoms with Gasteiger partial charge in [-0.25, -0.2) is 0 Å². The van der Waals surface area contributed by atoms with E-state index < -0.39 is 0 Å². The van der Waals surface area contributed by atoms with Gasteiger partial charge in [0, 0.05) is 19.5 Å². The molecule has 0 bridgehead atoms. The van der Waals surface area contributed by atoms with Crippen LogP contribution in [0.15, 0.2) is 0 Å². The molecule has 1 fully saturated rings. The Morgan fingerprint density at radius 3 is 2.60 bits per heavy atom.